The van der Waals surface area contributed by atoms with Crippen LogP contribution in [0.25, 0.3) is 16.3 Å². The number of fused-ring (bicyclic) bond motifs is 1. The van der Waals surface area contributed by atoms with E-state index in [1.54, 1.807) is 6.20 Å². The van der Waals surface area contributed by atoms with E-state index in [2.05, 4.69) is 37.6 Å². The molecule has 0 bridgehead atoms. The fourth-order valence-corrected chi connectivity index (χ4v) is 2.87. The Morgan fingerprint density at radius 1 is 1.19 bits per heavy atom. The van der Waals surface area contributed by atoms with Gasteiger partial charge in [-0.2, -0.15) is 0 Å². The molecule has 108 valence electrons. The van der Waals surface area contributed by atoms with Gasteiger partial charge in [0.15, 0.2) is 0 Å². The molecule has 2 aromatic rings. The van der Waals surface area contributed by atoms with Crippen molar-refractivity contribution in [3.63, 3.8) is 0 Å². The summed E-state index contributed by atoms with van der Waals surface area (Å²) >= 11 is 6.27. The van der Waals surface area contributed by atoms with Crippen molar-refractivity contribution in [1.82, 2.24) is 4.98 Å². The predicted octanol–water partition coefficient (Wildman–Crippen LogP) is 6.04. The van der Waals surface area contributed by atoms with Crippen LogP contribution in [0.3, 0.4) is 0 Å². The van der Waals surface area contributed by atoms with Crippen molar-refractivity contribution in [3.05, 3.63) is 70.6 Å². The lowest BCUT2D eigenvalue weighted by atomic mass is 9.89. The van der Waals surface area contributed by atoms with Crippen molar-refractivity contribution >= 4 is 27.9 Å². The summed E-state index contributed by atoms with van der Waals surface area (Å²) in [4.78, 5) is 4.20. The first kappa shape index (κ1) is 15.5. The summed E-state index contributed by atoms with van der Waals surface area (Å²) in [7, 11) is 0. The molecule has 1 nitrogen and oxygen atoms in total. The van der Waals surface area contributed by atoms with E-state index < -0.39 is 0 Å². The second-order valence-corrected chi connectivity index (χ2v) is 5.46. The lowest BCUT2D eigenvalue weighted by Crippen LogP contribution is -1.96. The first-order valence-corrected chi connectivity index (χ1v) is 7.42. The average molecular weight is 298 g/mol. The molecule has 0 radical (unpaired) electrons. The standard InChI is InChI=1S/C19H20ClN/c1-6-8-12(3)15(7-2)17-11-18-16(13(4)14(17)5)9-10-21-19(18)20/h6-11H,3H2,1-2,4-5H3/b8-6-,15-7+. The maximum atomic E-state index is 6.27. The van der Waals surface area contributed by atoms with Crippen LogP contribution in [0.15, 0.2) is 48.7 Å². The van der Waals surface area contributed by atoms with Crippen LogP contribution < -0.4 is 0 Å². The molecule has 2 heteroatoms. The quantitative estimate of drug-likeness (QED) is 0.497. The molecule has 0 spiro atoms. The fourth-order valence-electron chi connectivity index (χ4n) is 2.65. The van der Waals surface area contributed by atoms with Gasteiger partial charge in [0, 0.05) is 11.6 Å². The molecule has 0 N–H and O–H groups in total. The number of pyridine rings is 1. The van der Waals surface area contributed by atoms with E-state index in [9.17, 15) is 0 Å². The molecule has 0 unspecified atom stereocenters. The summed E-state index contributed by atoms with van der Waals surface area (Å²) in [6.07, 6.45) is 7.88. The number of aryl methyl sites for hydroxylation is 1. The Bertz CT molecular complexity index is 767. The number of hydrogen-bond acceptors (Lipinski definition) is 1. The van der Waals surface area contributed by atoms with Gasteiger partial charge in [0.2, 0.25) is 0 Å². The number of nitrogens with zero attached hydrogens (tertiary/aromatic N) is 1. The molecule has 21 heavy (non-hydrogen) atoms. The summed E-state index contributed by atoms with van der Waals surface area (Å²) in [5, 5.41) is 2.69. The van der Waals surface area contributed by atoms with Gasteiger partial charge in [0.1, 0.15) is 5.15 Å². The lowest BCUT2D eigenvalue weighted by Gasteiger charge is -2.16. The zero-order chi connectivity index (χ0) is 15.6. The zero-order valence-corrected chi connectivity index (χ0v) is 13.8. The van der Waals surface area contributed by atoms with Crippen LogP contribution >= 0.6 is 11.6 Å². The molecule has 0 atom stereocenters. The maximum absolute atomic E-state index is 6.27. The molecule has 0 fully saturated rings. The summed E-state index contributed by atoms with van der Waals surface area (Å²) in [6.45, 7) is 12.5. The van der Waals surface area contributed by atoms with E-state index in [1.165, 1.54) is 16.7 Å². The number of aromatic nitrogens is 1. The molecule has 0 saturated carbocycles. The van der Waals surface area contributed by atoms with Gasteiger partial charge in [-0.1, -0.05) is 36.4 Å². The monoisotopic (exact) mass is 297 g/mol. The SMILES string of the molecule is C=C(/C=C\C)/C(=C\C)c1cc2c(Cl)nccc2c(C)c1C. The highest BCUT2D eigenvalue weighted by Crippen LogP contribution is 2.34. The first-order valence-electron chi connectivity index (χ1n) is 7.04. The van der Waals surface area contributed by atoms with E-state index in [4.69, 9.17) is 11.6 Å². The predicted molar refractivity (Wildman–Crippen MR) is 93.8 cm³/mol. The molecule has 1 heterocycles. The Balaban J connectivity index is 2.78. The number of halogens is 1. The molecule has 0 aliphatic carbocycles. The molecule has 0 amide bonds. The zero-order valence-electron chi connectivity index (χ0n) is 13.0. The normalized spacial score (nSPS) is 12.3. The number of allylic oxidation sites excluding steroid dienone is 5. The molecular weight excluding hydrogens is 278 g/mol. The maximum Gasteiger partial charge on any atom is 0.136 e. The second kappa shape index (κ2) is 6.28. The highest BCUT2D eigenvalue weighted by Gasteiger charge is 2.13. The molecular formula is C19H20ClN. The molecule has 2 rings (SSSR count). The van der Waals surface area contributed by atoms with Crippen LogP contribution in [-0.4, -0.2) is 4.98 Å². The van der Waals surface area contributed by atoms with Crippen LogP contribution in [-0.2, 0) is 0 Å². The Morgan fingerprint density at radius 2 is 1.90 bits per heavy atom. The van der Waals surface area contributed by atoms with Crippen LogP contribution in [0.5, 0.6) is 0 Å². The fraction of sp³-hybridized carbons (Fsp3) is 0.211. The van der Waals surface area contributed by atoms with Gasteiger partial charge in [-0.25, -0.2) is 4.98 Å². The van der Waals surface area contributed by atoms with Gasteiger partial charge >= 0.3 is 0 Å². The summed E-state index contributed by atoms with van der Waals surface area (Å²) in [5.74, 6) is 0. The van der Waals surface area contributed by atoms with E-state index in [0.717, 1.165) is 21.9 Å². The van der Waals surface area contributed by atoms with Gasteiger partial charge in [0.05, 0.1) is 0 Å². The Labute approximate surface area is 131 Å². The molecule has 0 saturated heterocycles. The van der Waals surface area contributed by atoms with Gasteiger partial charge in [0.25, 0.3) is 0 Å². The second-order valence-electron chi connectivity index (χ2n) is 5.10. The molecule has 0 aliphatic heterocycles. The van der Waals surface area contributed by atoms with Crippen LogP contribution in [0.1, 0.15) is 30.5 Å². The van der Waals surface area contributed by atoms with E-state index >= 15 is 0 Å². The van der Waals surface area contributed by atoms with Crippen molar-refractivity contribution < 1.29 is 0 Å². The third-order valence-corrected chi connectivity index (χ3v) is 4.19. The minimum absolute atomic E-state index is 0.545. The van der Waals surface area contributed by atoms with E-state index in [1.807, 2.05) is 32.1 Å². The number of hydrogen-bond donors (Lipinski definition) is 0. The van der Waals surface area contributed by atoms with Crippen molar-refractivity contribution in [2.24, 2.45) is 0 Å². The minimum atomic E-state index is 0.545. The molecule has 1 aromatic heterocycles. The summed E-state index contributed by atoms with van der Waals surface area (Å²) < 4.78 is 0. The smallest absolute Gasteiger partial charge is 0.136 e. The van der Waals surface area contributed by atoms with Crippen molar-refractivity contribution in [3.8, 4) is 0 Å². The Hall–Kier alpha value is -1.86. The highest BCUT2D eigenvalue weighted by molar-refractivity contribution is 6.34. The summed E-state index contributed by atoms with van der Waals surface area (Å²) in [6, 6.07) is 4.14. The van der Waals surface area contributed by atoms with Crippen molar-refractivity contribution in [2.45, 2.75) is 27.7 Å². The first-order chi connectivity index (χ1) is 10.0. The largest absolute Gasteiger partial charge is 0.244 e. The third kappa shape index (κ3) is 2.79. The Morgan fingerprint density at radius 3 is 2.52 bits per heavy atom. The van der Waals surface area contributed by atoms with Crippen molar-refractivity contribution in [1.29, 1.82) is 0 Å². The molecule has 0 aliphatic rings. The van der Waals surface area contributed by atoms with Gasteiger partial charge in [-0.15, -0.1) is 0 Å². The van der Waals surface area contributed by atoms with Gasteiger partial charge in [-0.05, 0) is 73.1 Å². The van der Waals surface area contributed by atoms with Gasteiger partial charge < -0.3 is 0 Å². The lowest BCUT2D eigenvalue weighted by molar-refractivity contribution is 1.31. The van der Waals surface area contributed by atoms with E-state index in [0.29, 0.717) is 5.15 Å². The van der Waals surface area contributed by atoms with Crippen molar-refractivity contribution in [2.75, 3.05) is 0 Å². The van der Waals surface area contributed by atoms with Crippen LogP contribution in [0.4, 0.5) is 0 Å². The average Bonchev–Trinajstić information content (AvgIpc) is 2.46. The number of benzene rings is 1. The number of rotatable bonds is 3. The minimum Gasteiger partial charge on any atom is -0.244 e. The highest BCUT2D eigenvalue weighted by atomic mass is 35.5. The van der Waals surface area contributed by atoms with E-state index in [-0.39, 0.29) is 0 Å². The topological polar surface area (TPSA) is 12.9 Å². The van der Waals surface area contributed by atoms with Gasteiger partial charge in [-0.3, -0.25) is 0 Å². The third-order valence-electron chi connectivity index (χ3n) is 3.89. The Kier molecular flexibility index (Phi) is 4.64. The van der Waals surface area contributed by atoms with Crippen LogP contribution in [0, 0.1) is 13.8 Å². The molecule has 1 aromatic carbocycles. The summed E-state index contributed by atoms with van der Waals surface area (Å²) in [5.41, 5.74) is 5.79. The van der Waals surface area contributed by atoms with Crippen LogP contribution in [0.2, 0.25) is 5.15 Å².